The van der Waals surface area contributed by atoms with Crippen LogP contribution in [0.2, 0.25) is 0 Å². The number of amides is 2. The number of para-hydroxylation sites is 3. The second-order valence-corrected chi connectivity index (χ2v) is 6.50. The average Bonchev–Trinajstić information content (AvgIpc) is 2.66. The second-order valence-electron chi connectivity index (χ2n) is 6.50. The lowest BCUT2D eigenvalue weighted by atomic mass is 10.1. The van der Waals surface area contributed by atoms with Gasteiger partial charge in [-0.3, -0.25) is 9.59 Å². The molecule has 1 atom stereocenters. The summed E-state index contributed by atoms with van der Waals surface area (Å²) in [4.78, 5) is 24.9. The Balaban J connectivity index is 1.69. The Morgan fingerprint density at radius 2 is 1.77 bits per heavy atom. The van der Waals surface area contributed by atoms with Gasteiger partial charge >= 0.3 is 0 Å². The van der Waals surface area contributed by atoms with Gasteiger partial charge in [0.05, 0.1) is 11.3 Å². The number of anilines is 1. The van der Waals surface area contributed by atoms with Crippen molar-refractivity contribution in [3.05, 3.63) is 54.1 Å². The highest BCUT2D eigenvalue weighted by Crippen LogP contribution is 2.31. The first-order valence-electron chi connectivity index (χ1n) is 8.61. The van der Waals surface area contributed by atoms with Gasteiger partial charge in [0.2, 0.25) is 6.10 Å². The monoisotopic (exact) mass is 354 g/mol. The van der Waals surface area contributed by atoms with Crippen LogP contribution in [-0.4, -0.2) is 31.1 Å². The van der Waals surface area contributed by atoms with Gasteiger partial charge in [-0.2, -0.15) is 0 Å². The van der Waals surface area contributed by atoms with Crippen molar-refractivity contribution >= 4 is 17.5 Å². The van der Waals surface area contributed by atoms with Crippen LogP contribution in [0.15, 0.2) is 48.5 Å². The van der Waals surface area contributed by atoms with E-state index in [-0.39, 0.29) is 18.4 Å². The zero-order chi connectivity index (χ0) is 18.5. The Kier molecular flexibility index (Phi) is 5.41. The highest BCUT2D eigenvalue weighted by atomic mass is 16.6. The Morgan fingerprint density at radius 1 is 1.08 bits per heavy atom. The van der Waals surface area contributed by atoms with E-state index in [0.717, 1.165) is 0 Å². The summed E-state index contributed by atoms with van der Waals surface area (Å²) in [5.74, 6) is 0.907. The van der Waals surface area contributed by atoms with E-state index >= 15 is 0 Å². The van der Waals surface area contributed by atoms with Crippen molar-refractivity contribution in [3.63, 3.8) is 0 Å². The van der Waals surface area contributed by atoms with Gasteiger partial charge in [-0.25, -0.2) is 0 Å². The zero-order valence-corrected chi connectivity index (χ0v) is 14.8. The molecule has 0 fully saturated rings. The third-order valence-electron chi connectivity index (χ3n) is 3.90. The van der Waals surface area contributed by atoms with Crippen LogP contribution in [0.5, 0.6) is 11.5 Å². The summed E-state index contributed by atoms with van der Waals surface area (Å²) in [5, 5.41) is 5.63. The number of ether oxygens (including phenoxy) is 2. The lowest BCUT2D eigenvalue weighted by Crippen LogP contribution is -2.40. The van der Waals surface area contributed by atoms with Gasteiger partial charge in [0.1, 0.15) is 6.61 Å². The number of fused-ring (bicyclic) bond motifs is 1. The molecule has 136 valence electrons. The van der Waals surface area contributed by atoms with Crippen LogP contribution in [0.3, 0.4) is 0 Å². The van der Waals surface area contributed by atoms with Crippen molar-refractivity contribution < 1.29 is 19.1 Å². The fraction of sp³-hybridized carbons (Fsp3) is 0.300. The summed E-state index contributed by atoms with van der Waals surface area (Å²) in [5.41, 5.74) is 0.861. The summed E-state index contributed by atoms with van der Waals surface area (Å²) in [6.45, 7) is 4.72. The Bertz CT molecular complexity index is 804. The minimum atomic E-state index is -0.781. The Hall–Kier alpha value is -3.02. The van der Waals surface area contributed by atoms with Crippen LogP contribution < -0.4 is 20.1 Å². The molecule has 0 bridgehead atoms. The molecule has 2 amide bonds. The van der Waals surface area contributed by atoms with Crippen LogP contribution in [0.1, 0.15) is 24.2 Å². The molecule has 1 aliphatic heterocycles. The smallest absolute Gasteiger partial charge is 0.269 e. The zero-order valence-electron chi connectivity index (χ0n) is 14.8. The first kappa shape index (κ1) is 17.8. The number of nitrogens with one attached hydrogen (secondary N) is 2. The SMILES string of the molecule is CC(C)CNC(=O)c1ccccc1NC(=O)[C@@H]1COc2ccccc2O1. The van der Waals surface area contributed by atoms with E-state index in [1.54, 1.807) is 36.4 Å². The standard InChI is InChI=1S/C20H22N2O4/c1-13(2)11-21-19(23)14-7-3-4-8-15(14)22-20(24)18-12-25-16-9-5-6-10-17(16)26-18/h3-10,13,18H,11-12H2,1-2H3,(H,21,23)(H,22,24)/t18-/m0/s1. The maximum Gasteiger partial charge on any atom is 0.269 e. The number of carbonyl (C=O) groups excluding carboxylic acids is 2. The lowest BCUT2D eigenvalue weighted by Gasteiger charge is -2.25. The average molecular weight is 354 g/mol. The first-order valence-corrected chi connectivity index (χ1v) is 8.61. The van der Waals surface area contributed by atoms with Crippen LogP contribution in [0, 0.1) is 5.92 Å². The third-order valence-corrected chi connectivity index (χ3v) is 3.90. The fourth-order valence-corrected chi connectivity index (χ4v) is 2.54. The van der Waals surface area contributed by atoms with E-state index in [4.69, 9.17) is 9.47 Å². The van der Waals surface area contributed by atoms with Crippen molar-refractivity contribution in [1.29, 1.82) is 0 Å². The number of benzene rings is 2. The molecule has 1 heterocycles. The molecule has 6 heteroatoms. The van der Waals surface area contributed by atoms with E-state index in [0.29, 0.717) is 35.2 Å². The molecule has 3 rings (SSSR count). The van der Waals surface area contributed by atoms with E-state index in [1.165, 1.54) is 0 Å². The largest absolute Gasteiger partial charge is 0.485 e. The fourth-order valence-electron chi connectivity index (χ4n) is 2.54. The van der Waals surface area contributed by atoms with Crippen molar-refractivity contribution in [3.8, 4) is 11.5 Å². The second kappa shape index (κ2) is 7.91. The minimum Gasteiger partial charge on any atom is -0.485 e. The molecule has 0 aromatic heterocycles. The number of carbonyl (C=O) groups is 2. The van der Waals surface area contributed by atoms with Crippen LogP contribution in [0.25, 0.3) is 0 Å². The minimum absolute atomic E-state index is 0.116. The summed E-state index contributed by atoms with van der Waals surface area (Å²) in [6, 6.07) is 14.1. The van der Waals surface area contributed by atoms with Crippen molar-refractivity contribution in [2.24, 2.45) is 5.92 Å². The Morgan fingerprint density at radius 3 is 2.54 bits per heavy atom. The molecule has 1 aliphatic rings. The quantitative estimate of drug-likeness (QED) is 0.866. The predicted molar refractivity (Wildman–Crippen MR) is 98.6 cm³/mol. The summed E-state index contributed by atoms with van der Waals surface area (Å²) >= 11 is 0. The molecule has 0 spiro atoms. The van der Waals surface area contributed by atoms with Gasteiger partial charge in [0.15, 0.2) is 11.5 Å². The number of hydrogen-bond acceptors (Lipinski definition) is 4. The summed E-state index contributed by atoms with van der Waals surface area (Å²) < 4.78 is 11.3. The van der Waals surface area contributed by atoms with Crippen molar-refractivity contribution in [2.45, 2.75) is 20.0 Å². The molecule has 2 aromatic carbocycles. The normalized spacial score (nSPS) is 15.4. The summed E-state index contributed by atoms with van der Waals surface area (Å²) in [6.07, 6.45) is -0.781. The van der Waals surface area contributed by atoms with Crippen LogP contribution in [-0.2, 0) is 4.79 Å². The van der Waals surface area contributed by atoms with E-state index in [2.05, 4.69) is 10.6 Å². The molecule has 0 unspecified atom stereocenters. The number of rotatable bonds is 5. The molecular weight excluding hydrogens is 332 g/mol. The topological polar surface area (TPSA) is 76.7 Å². The molecule has 2 aromatic rings. The van der Waals surface area contributed by atoms with Gasteiger partial charge < -0.3 is 20.1 Å². The molecule has 2 N–H and O–H groups in total. The lowest BCUT2D eigenvalue weighted by molar-refractivity contribution is -0.125. The highest BCUT2D eigenvalue weighted by Gasteiger charge is 2.28. The van der Waals surface area contributed by atoms with E-state index in [9.17, 15) is 9.59 Å². The molecule has 0 aliphatic carbocycles. The summed E-state index contributed by atoms with van der Waals surface area (Å²) in [7, 11) is 0. The maximum atomic E-state index is 12.6. The van der Waals surface area contributed by atoms with Gasteiger partial charge in [0, 0.05) is 6.54 Å². The highest BCUT2D eigenvalue weighted by molar-refractivity contribution is 6.04. The predicted octanol–water partition coefficient (Wildman–Crippen LogP) is 2.85. The van der Waals surface area contributed by atoms with Gasteiger partial charge in [0.25, 0.3) is 11.8 Å². The number of hydrogen-bond donors (Lipinski definition) is 2. The molecule has 6 nitrogen and oxygen atoms in total. The van der Waals surface area contributed by atoms with E-state index in [1.807, 2.05) is 26.0 Å². The molecular formula is C20H22N2O4. The van der Waals surface area contributed by atoms with Crippen molar-refractivity contribution in [2.75, 3.05) is 18.5 Å². The van der Waals surface area contributed by atoms with Crippen LogP contribution >= 0.6 is 0 Å². The third kappa shape index (κ3) is 4.14. The van der Waals surface area contributed by atoms with E-state index < -0.39 is 6.10 Å². The van der Waals surface area contributed by atoms with Gasteiger partial charge in [-0.05, 0) is 30.2 Å². The molecule has 0 saturated carbocycles. The molecule has 26 heavy (non-hydrogen) atoms. The van der Waals surface area contributed by atoms with Gasteiger partial charge in [-0.15, -0.1) is 0 Å². The maximum absolute atomic E-state index is 12.6. The molecule has 0 saturated heterocycles. The van der Waals surface area contributed by atoms with Crippen molar-refractivity contribution in [1.82, 2.24) is 5.32 Å². The van der Waals surface area contributed by atoms with Gasteiger partial charge in [-0.1, -0.05) is 38.1 Å². The Labute approximate surface area is 152 Å². The first-order chi connectivity index (χ1) is 12.5. The van der Waals surface area contributed by atoms with Crippen LogP contribution in [0.4, 0.5) is 5.69 Å². The molecule has 0 radical (unpaired) electrons.